The monoisotopic (exact) mass is 979 g/mol. The highest BCUT2D eigenvalue weighted by molar-refractivity contribution is 5.70. The van der Waals surface area contributed by atoms with Crippen molar-refractivity contribution in [3.05, 3.63) is 0 Å². The van der Waals surface area contributed by atoms with Crippen LogP contribution in [0.3, 0.4) is 0 Å². The maximum Gasteiger partial charge on any atom is 0.410 e. The van der Waals surface area contributed by atoms with E-state index >= 15 is 0 Å². The molecule has 2 unspecified atom stereocenters. The van der Waals surface area contributed by atoms with Crippen molar-refractivity contribution < 1.29 is 38.1 Å². The standard InChI is InChI=1S/C59H114N2O8/c1-8-13-18-29-40-53(38-15-10-3)51-67-57(63)45-33-26-22-20-24-31-42-55(69-59(65)61(49-37-47-60(6)7)48-36-28-35-44-56(62)66-50-17-12-5)43-32-25-21-23-27-34-46-58(64)68-52-54(39-16-11-4)41-30-19-14-9-2/h53-55H,8-52H2,1-7H3. The number of unbranched alkanes of at least 4 members (excludes halogenated alkanes) is 21. The smallest absolute Gasteiger partial charge is 0.410 e. The average Bonchev–Trinajstić information content (AvgIpc) is 3.33. The molecule has 0 radical (unpaired) electrons. The van der Waals surface area contributed by atoms with E-state index in [1.807, 2.05) is 4.90 Å². The molecule has 0 saturated heterocycles. The van der Waals surface area contributed by atoms with Gasteiger partial charge in [0.1, 0.15) is 6.10 Å². The maximum atomic E-state index is 13.8. The van der Waals surface area contributed by atoms with Crippen LogP contribution in [0.25, 0.3) is 0 Å². The number of amides is 1. The Bertz CT molecular complexity index is 1110. The summed E-state index contributed by atoms with van der Waals surface area (Å²) in [6, 6.07) is 0. The van der Waals surface area contributed by atoms with Gasteiger partial charge in [-0.05, 0) is 122 Å². The zero-order chi connectivity index (χ0) is 50.8. The minimum atomic E-state index is -0.210. The number of rotatable bonds is 52. The summed E-state index contributed by atoms with van der Waals surface area (Å²) in [4.78, 5) is 55.1. The van der Waals surface area contributed by atoms with Crippen molar-refractivity contribution in [2.75, 3.05) is 53.6 Å². The van der Waals surface area contributed by atoms with Gasteiger partial charge in [0.25, 0.3) is 0 Å². The molecule has 0 aromatic carbocycles. The number of hydrogen-bond donors (Lipinski definition) is 0. The van der Waals surface area contributed by atoms with Crippen LogP contribution >= 0.6 is 0 Å². The summed E-state index contributed by atoms with van der Waals surface area (Å²) in [5.74, 6) is 0.795. The summed E-state index contributed by atoms with van der Waals surface area (Å²) in [5, 5.41) is 0. The molecule has 0 saturated carbocycles. The van der Waals surface area contributed by atoms with Gasteiger partial charge in [-0.1, -0.05) is 176 Å². The number of ether oxygens (including phenoxy) is 4. The van der Waals surface area contributed by atoms with Crippen LogP contribution in [-0.2, 0) is 33.3 Å². The van der Waals surface area contributed by atoms with Crippen LogP contribution in [0.5, 0.6) is 0 Å². The fourth-order valence-corrected chi connectivity index (χ4v) is 9.09. The molecule has 10 heteroatoms. The topological polar surface area (TPSA) is 112 Å². The van der Waals surface area contributed by atoms with Crippen LogP contribution in [0.15, 0.2) is 0 Å². The maximum absolute atomic E-state index is 13.8. The van der Waals surface area contributed by atoms with E-state index in [0.29, 0.717) is 64.0 Å². The largest absolute Gasteiger partial charge is 0.466 e. The first-order chi connectivity index (χ1) is 33.6. The highest BCUT2D eigenvalue weighted by Crippen LogP contribution is 2.22. The third kappa shape index (κ3) is 45.3. The molecule has 0 rings (SSSR count). The number of hydrogen-bond acceptors (Lipinski definition) is 9. The Hall–Kier alpha value is -2.36. The highest BCUT2D eigenvalue weighted by atomic mass is 16.6. The molecule has 1 amide bonds. The fraction of sp³-hybridized carbons (Fsp3) is 0.932. The lowest BCUT2D eigenvalue weighted by Crippen LogP contribution is -2.37. The van der Waals surface area contributed by atoms with Crippen LogP contribution < -0.4 is 0 Å². The van der Waals surface area contributed by atoms with E-state index in [9.17, 15) is 19.2 Å². The predicted molar refractivity (Wildman–Crippen MR) is 289 cm³/mol. The molecule has 0 aromatic heterocycles. The third-order valence-corrected chi connectivity index (χ3v) is 13.8. The number of carbonyl (C=O) groups is 4. The van der Waals surface area contributed by atoms with Gasteiger partial charge in [0, 0.05) is 32.4 Å². The Morgan fingerprint density at radius 3 is 1.17 bits per heavy atom. The van der Waals surface area contributed by atoms with Gasteiger partial charge in [0.15, 0.2) is 0 Å². The van der Waals surface area contributed by atoms with Crippen LogP contribution in [-0.4, -0.2) is 93.5 Å². The van der Waals surface area contributed by atoms with Crippen molar-refractivity contribution in [1.82, 2.24) is 9.80 Å². The first kappa shape index (κ1) is 66.6. The van der Waals surface area contributed by atoms with Gasteiger partial charge >= 0.3 is 24.0 Å². The zero-order valence-electron chi connectivity index (χ0n) is 46.7. The van der Waals surface area contributed by atoms with E-state index in [0.717, 1.165) is 148 Å². The van der Waals surface area contributed by atoms with Crippen molar-refractivity contribution in [3.63, 3.8) is 0 Å². The van der Waals surface area contributed by atoms with Crippen LogP contribution in [0.4, 0.5) is 4.79 Å². The SMILES string of the molecule is CCCCCCC(CCCC)COC(=O)CCCCCCCCC(CCCCCCCCC(=O)OCC(CCCC)CCCCCC)OC(=O)N(CCCCCC(=O)OCCCC)CCCN(C)C. The lowest BCUT2D eigenvalue weighted by atomic mass is 9.96. The van der Waals surface area contributed by atoms with Gasteiger partial charge in [-0.3, -0.25) is 14.4 Å². The second-order valence-corrected chi connectivity index (χ2v) is 20.9. The predicted octanol–water partition coefficient (Wildman–Crippen LogP) is 16.5. The van der Waals surface area contributed by atoms with E-state index in [4.69, 9.17) is 18.9 Å². The normalized spacial score (nSPS) is 12.8. The van der Waals surface area contributed by atoms with E-state index in [1.54, 1.807) is 0 Å². The van der Waals surface area contributed by atoms with Gasteiger partial charge in [0.2, 0.25) is 0 Å². The minimum absolute atomic E-state index is 0.0393. The number of esters is 3. The van der Waals surface area contributed by atoms with E-state index < -0.39 is 0 Å². The van der Waals surface area contributed by atoms with E-state index in [-0.39, 0.29) is 30.1 Å². The summed E-state index contributed by atoms with van der Waals surface area (Å²) in [7, 11) is 4.12. The first-order valence-electron chi connectivity index (χ1n) is 29.7. The summed E-state index contributed by atoms with van der Waals surface area (Å²) >= 11 is 0. The van der Waals surface area contributed by atoms with Gasteiger partial charge in [-0.2, -0.15) is 0 Å². The van der Waals surface area contributed by atoms with Crippen molar-refractivity contribution in [3.8, 4) is 0 Å². The zero-order valence-corrected chi connectivity index (χ0v) is 46.7. The molecule has 0 aromatic rings. The molecule has 2 atom stereocenters. The second-order valence-electron chi connectivity index (χ2n) is 20.9. The van der Waals surface area contributed by atoms with Crippen molar-refractivity contribution in [2.45, 2.75) is 291 Å². The van der Waals surface area contributed by atoms with Gasteiger partial charge in [-0.25, -0.2) is 4.79 Å². The summed E-state index contributed by atoms with van der Waals surface area (Å²) in [6.45, 7) is 14.9. The first-order valence-corrected chi connectivity index (χ1v) is 29.7. The second kappa shape index (κ2) is 50.6. The average molecular weight is 980 g/mol. The molecule has 0 fully saturated rings. The summed E-state index contributed by atoms with van der Waals surface area (Å²) < 4.78 is 23.2. The van der Waals surface area contributed by atoms with E-state index in [2.05, 4.69) is 53.6 Å². The lowest BCUT2D eigenvalue weighted by molar-refractivity contribution is -0.146. The third-order valence-electron chi connectivity index (χ3n) is 13.8. The fourth-order valence-electron chi connectivity index (χ4n) is 9.09. The van der Waals surface area contributed by atoms with Gasteiger partial charge < -0.3 is 28.7 Å². The van der Waals surface area contributed by atoms with Gasteiger partial charge in [-0.15, -0.1) is 0 Å². The molecule has 0 aliphatic rings. The van der Waals surface area contributed by atoms with E-state index in [1.165, 1.54) is 89.9 Å². The molecule has 0 heterocycles. The number of carbonyl (C=O) groups excluding carboxylic acids is 4. The molecule has 0 N–H and O–H groups in total. The quantitative estimate of drug-likeness (QED) is 0.0334. The van der Waals surface area contributed by atoms with Crippen LogP contribution in [0, 0.1) is 11.8 Å². The molecule has 10 nitrogen and oxygen atoms in total. The van der Waals surface area contributed by atoms with Crippen molar-refractivity contribution >= 4 is 24.0 Å². The number of nitrogens with zero attached hydrogens (tertiary/aromatic N) is 2. The van der Waals surface area contributed by atoms with Crippen LogP contribution in [0.1, 0.15) is 285 Å². The Morgan fingerprint density at radius 1 is 0.362 bits per heavy atom. The molecule has 408 valence electrons. The van der Waals surface area contributed by atoms with Gasteiger partial charge in [0.05, 0.1) is 19.8 Å². The molecule has 69 heavy (non-hydrogen) atoms. The molecule has 0 aliphatic carbocycles. The Morgan fingerprint density at radius 2 is 0.725 bits per heavy atom. The Labute approximate surface area is 427 Å². The Kier molecular flexibility index (Phi) is 48.8. The van der Waals surface area contributed by atoms with Crippen molar-refractivity contribution in [1.29, 1.82) is 0 Å². The lowest BCUT2D eigenvalue weighted by Gasteiger charge is -2.26. The highest BCUT2D eigenvalue weighted by Gasteiger charge is 2.21. The summed E-state index contributed by atoms with van der Waals surface area (Å²) in [6.07, 6.45) is 40.1. The molecule has 0 spiro atoms. The summed E-state index contributed by atoms with van der Waals surface area (Å²) in [5.41, 5.74) is 0. The molecule has 0 aliphatic heterocycles. The molecule has 0 bridgehead atoms. The minimum Gasteiger partial charge on any atom is -0.466 e. The molecular weight excluding hydrogens is 865 g/mol. The molecular formula is C59H114N2O8. The van der Waals surface area contributed by atoms with Crippen LogP contribution in [0.2, 0.25) is 0 Å². The Balaban J connectivity index is 5.04. The van der Waals surface area contributed by atoms with Crippen molar-refractivity contribution in [2.24, 2.45) is 11.8 Å².